The van der Waals surface area contributed by atoms with E-state index in [0.717, 1.165) is 11.1 Å². The summed E-state index contributed by atoms with van der Waals surface area (Å²) in [5, 5.41) is 4.08. The van der Waals surface area contributed by atoms with Gasteiger partial charge in [0.25, 0.3) is 15.9 Å². The molecule has 0 saturated carbocycles. The van der Waals surface area contributed by atoms with E-state index in [2.05, 4.69) is 5.32 Å². The van der Waals surface area contributed by atoms with E-state index in [1.807, 2.05) is 19.1 Å². The van der Waals surface area contributed by atoms with Crippen LogP contribution in [0, 0.1) is 0 Å². The monoisotopic (exact) mass is 474 g/mol. The lowest BCUT2D eigenvalue weighted by atomic mass is 10.1. The van der Waals surface area contributed by atoms with Gasteiger partial charge in [0.15, 0.2) is 0 Å². The maximum atomic E-state index is 13.0. The molecule has 8 heteroatoms. The van der Waals surface area contributed by atoms with E-state index >= 15 is 0 Å². The fourth-order valence-corrected chi connectivity index (χ4v) is 5.37. The Morgan fingerprint density at radius 3 is 2.23 bits per heavy atom. The van der Waals surface area contributed by atoms with Gasteiger partial charge in [-0.3, -0.25) is 9.10 Å². The first-order chi connectivity index (χ1) is 14.8. The molecule has 0 saturated heterocycles. The summed E-state index contributed by atoms with van der Waals surface area (Å²) in [5.41, 5.74) is 2.85. The third-order valence-corrected chi connectivity index (χ3v) is 7.65. The van der Waals surface area contributed by atoms with Gasteiger partial charge in [0.1, 0.15) is 0 Å². The van der Waals surface area contributed by atoms with E-state index in [1.54, 1.807) is 42.5 Å². The van der Waals surface area contributed by atoms with Crippen molar-refractivity contribution in [1.82, 2.24) is 5.32 Å². The molecule has 0 fully saturated rings. The second kappa shape index (κ2) is 8.54. The minimum absolute atomic E-state index is 0.184. The molecule has 5 nitrogen and oxygen atoms in total. The van der Waals surface area contributed by atoms with Gasteiger partial charge in [-0.15, -0.1) is 0 Å². The summed E-state index contributed by atoms with van der Waals surface area (Å²) < 4.78 is 27.5. The predicted molar refractivity (Wildman–Crippen MR) is 123 cm³/mol. The molecule has 1 N–H and O–H groups in total. The molecule has 0 spiro atoms. The number of hydrogen-bond donors (Lipinski definition) is 1. The molecular weight excluding hydrogens is 455 g/mol. The van der Waals surface area contributed by atoms with Crippen LogP contribution in [-0.4, -0.2) is 20.9 Å². The molecule has 31 heavy (non-hydrogen) atoms. The largest absolute Gasteiger partial charge is 0.346 e. The third-order valence-electron chi connectivity index (χ3n) is 5.31. The zero-order valence-electron chi connectivity index (χ0n) is 16.7. The molecule has 0 bridgehead atoms. The van der Waals surface area contributed by atoms with Crippen LogP contribution in [0.25, 0.3) is 0 Å². The highest BCUT2D eigenvalue weighted by atomic mass is 35.5. The van der Waals surface area contributed by atoms with Crippen molar-refractivity contribution >= 4 is 44.8 Å². The van der Waals surface area contributed by atoms with Crippen LogP contribution in [0.2, 0.25) is 10.0 Å². The number of hydrogen-bond acceptors (Lipinski definition) is 3. The molecule has 3 aromatic rings. The van der Waals surface area contributed by atoms with Gasteiger partial charge in [0.2, 0.25) is 0 Å². The quantitative estimate of drug-likeness (QED) is 0.549. The highest BCUT2D eigenvalue weighted by Crippen LogP contribution is 2.34. The van der Waals surface area contributed by atoms with Crippen LogP contribution in [0.4, 0.5) is 5.69 Å². The summed E-state index contributed by atoms with van der Waals surface area (Å²) in [6.07, 6.45) is 0.538. The number of sulfonamides is 1. The Morgan fingerprint density at radius 1 is 0.968 bits per heavy atom. The molecule has 3 aromatic carbocycles. The van der Waals surface area contributed by atoms with Gasteiger partial charge in [0, 0.05) is 22.2 Å². The van der Waals surface area contributed by atoms with Crippen LogP contribution in [0.1, 0.15) is 34.5 Å². The van der Waals surface area contributed by atoms with Gasteiger partial charge in [-0.2, -0.15) is 0 Å². The van der Waals surface area contributed by atoms with E-state index in [0.29, 0.717) is 34.3 Å². The van der Waals surface area contributed by atoms with Crippen LogP contribution >= 0.6 is 23.2 Å². The third kappa shape index (κ3) is 4.42. The molecule has 1 unspecified atom stereocenters. The first kappa shape index (κ1) is 21.7. The number of fused-ring (bicyclic) bond motifs is 1. The van der Waals surface area contributed by atoms with Gasteiger partial charge in [-0.25, -0.2) is 8.42 Å². The first-order valence-electron chi connectivity index (χ1n) is 9.73. The maximum Gasteiger partial charge on any atom is 0.264 e. The smallest absolute Gasteiger partial charge is 0.264 e. The Bertz CT molecular complexity index is 1230. The van der Waals surface area contributed by atoms with E-state index in [9.17, 15) is 13.2 Å². The van der Waals surface area contributed by atoms with E-state index in [4.69, 9.17) is 23.2 Å². The first-order valence-corrected chi connectivity index (χ1v) is 11.9. The minimum atomic E-state index is -3.70. The fraction of sp³-hybridized carbons (Fsp3) is 0.174. The summed E-state index contributed by atoms with van der Waals surface area (Å²) in [5.74, 6) is -0.218. The highest BCUT2D eigenvalue weighted by Gasteiger charge is 2.31. The van der Waals surface area contributed by atoms with Gasteiger partial charge in [-0.05, 0) is 79.1 Å². The lowest BCUT2D eigenvalue weighted by Gasteiger charge is -2.20. The average Bonchev–Trinajstić information content (AvgIpc) is 3.18. The molecule has 0 aliphatic carbocycles. The summed E-state index contributed by atoms with van der Waals surface area (Å²) in [6, 6.07) is 18.3. The Balaban J connectivity index is 1.53. The van der Waals surface area contributed by atoms with Gasteiger partial charge < -0.3 is 5.32 Å². The number of amides is 1. The number of benzene rings is 3. The number of halogens is 2. The van der Waals surface area contributed by atoms with E-state index < -0.39 is 10.0 Å². The number of carbonyl (C=O) groups is 1. The number of nitrogens with one attached hydrogen (secondary N) is 1. The summed E-state index contributed by atoms with van der Waals surface area (Å²) in [7, 11) is -3.70. The summed E-state index contributed by atoms with van der Waals surface area (Å²) >= 11 is 11.8. The SMILES string of the molecule is CC(NC(=O)c1ccc2c(c1)CCN2S(=O)(=O)c1ccc(Cl)cc1)c1ccc(Cl)cc1. The van der Waals surface area contributed by atoms with Crippen molar-refractivity contribution in [3.63, 3.8) is 0 Å². The van der Waals surface area contributed by atoms with Crippen molar-refractivity contribution in [1.29, 1.82) is 0 Å². The molecule has 0 aromatic heterocycles. The Kier molecular flexibility index (Phi) is 5.97. The van der Waals surface area contributed by atoms with E-state index in [1.165, 1.54) is 16.4 Å². The van der Waals surface area contributed by atoms with Gasteiger partial charge >= 0.3 is 0 Å². The molecule has 1 atom stereocenters. The maximum absolute atomic E-state index is 13.0. The van der Waals surface area contributed by atoms with Crippen LogP contribution in [0.15, 0.2) is 71.6 Å². The highest BCUT2D eigenvalue weighted by molar-refractivity contribution is 7.92. The van der Waals surface area contributed by atoms with Crippen molar-refractivity contribution in [3.05, 3.63) is 93.5 Å². The number of rotatable bonds is 5. The Morgan fingerprint density at radius 2 is 1.58 bits per heavy atom. The average molecular weight is 475 g/mol. The number of anilines is 1. The standard InChI is InChI=1S/C23H20Cl2N2O3S/c1-15(16-2-5-19(24)6-3-16)26-23(28)18-4-11-22-17(14-18)12-13-27(22)31(29,30)21-9-7-20(25)8-10-21/h2-11,14-15H,12-13H2,1H3,(H,26,28). The number of nitrogens with zero attached hydrogens (tertiary/aromatic N) is 1. The van der Waals surface area contributed by atoms with E-state index in [-0.39, 0.29) is 16.8 Å². The van der Waals surface area contributed by atoms with Crippen LogP contribution in [-0.2, 0) is 16.4 Å². The van der Waals surface area contributed by atoms with Crippen LogP contribution in [0.3, 0.4) is 0 Å². The minimum Gasteiger partial charge on any atom is -0.346 e. The van der Waals surface area contributed by atoms with Crippen molar-refractivity contribution in [2.75, 3.05) is 10.8 Å². The zero-order chi connectivity index (χ0) is 22.2. The van der Waals surface area contributed by atoms with Crippen molar-refractivity contribution < 1.29 is 13.2 Å². The van der Waals surface area contributed by atoms with Crippen LogP contribution in [0.5, 0.6) is 0 Å². The summed E-state index contributed by atoms with van der Waals surface area (Å²) in [6.45, 7) is 2.22. The molecule has 4 rings (SSSR count). The molecule has 0 radical (unpaired) electrons. The van der Waals surface area contributed by atoms with Crippen LogP contribution < -0.4 is 9.62 Å². The topological polar surface area (TPSA) is 66.5 Å². The lowest BCUT2D eigenvalue weighted by molar-refractivity contribution is 0.0940. The molecule has 1 aliphatic heterocycles. The van der Waals surface area contributed by atoms with Crippen molar-refractivity contribution in [2.24, 2.45) is 0 Å². The van der Waals surface area contributed by atoms with Gasteiger partial charge in [-0.1, -0.05) is 35.3 Å². The lowest BCUT2D eigenvalue weighted by Crippen LogP contribution is -2.29. The number of carbonyl (C=O) groups excluding carboxylic acids is 1. The molecular formula is C23H20Cl2N2O3S. The molecule has 160 valence electrons. The Hall–Kier alpha value is -2.54. The normalized spacial score (nSPS) is 14.2. The predicted octanol–water partition coefficient (Wildman–Crippen LogP) is 5.24. The second-order valence-corrected chi connectivity index (χ2v) is 10.1. The molecule has 1 aliphatic rings. The zero-order valence-corrected chi connectivity index (χ0v) is 19.0. The van der Waals surface area contributed by atoms with Gasteiger partial charge in [0.05, 0.1) is 16.6 Å². The Labute approximate surface area is 191 Å². The fourth-order valence-electron chi connectivity index (χ4n) is 3.61. The van der Waals surface area contributed by atoms with Crippen molar-refractivity contribution in [3.8, 4) is 0 Å². The molecule has 1 heterocycles. The summed E-state index contributed by atoms with van der Waals surface area (Å²) in [4.78, 5) is 12.9. The molecule has 1 amide bonds. The second-order valence-electron chi connectivity index (χ2n) is 7.37. The van der Waals surface area contributed by atoms with Crippen molar-refractivity contribution in [2.45, 2.75) is 24.3 Å².